The monoisotopic (exact) mass is 346 g/mol. The zero-order chi connectivity index (χ0) is 17.2. The Morgan fingerprint density at radius 1 is 1.33 bits per heavy atom. The van der Waals surface area contributed by atoms with E-state index in [4.69, 9.17) is 9.72 Å². The fraction of sp³-hybridized carbons (Fsp3) is 0.611. The highest BCUT2D eigenvalue weighted by Crippen LogP contribution is 2.31. The topological polar surface area (TPSA) is 51.1 Å². The van der Waals surface area contributed by atoms with Gasteiger partial charge in [-0.2, -0.15) is 0 Å². The lowest BCUT2D eigenvalue weighted by Crippen LogP contribution is -2.35. The number of aromatic nitrogens is 3. The Bertz CT molecular complexity index is 666. The highest BCUT2D eigenvalue weighted by atomic mass is 32.1. The summed E-state index contributed by atoms with van der Waals surface area (Å²) in [6.45, 7) is 8.98. The van der Waals surface area contributed by atoms with Crippen LogP contribution in [-0.2, 0) is 16.8 Å². The molecular formula is C18H26N4OS. The fourth-order valence-corrected chi connectivity index (χ4v) is 3.79. The molecule has 1 fully saturated rings. The van der Waals surface area contributed by atoms with Gasteiger partial charge in [0.2, 0.25) is 0 Å². The smallest absolute Gasteiger partial charge is 0.136 e. The van der Waals surface area contributed by atoms with E-state index in [-0.39, 0.29) is 5.41 Å². The molecule has 3 heterocycles. The predicted octanol–water partition coefficient (Wildman–Crippen LogP) is 3.76. The Morgan fingerprint density at radius 2 is 2.17 bits per heavy atom. The van der Waals surface area contributed by atoms with Crippen LogP contribution in [0.1, 0.15) is 56.1 Å². The molecule has 0 saturated carbocycles. The van der Waals surface area contributed by atoms with Crippen LogP contribution in [-0.4, -0.2) is 35.2 Å². The summed E-state index contributed by atoms with van der Waals surface area (Å²) in [5.41, 5.74) is 0.868. The van der Waals surface area contributed by atoms with Crippen LogP contribution < -0.4 is 4.90 Å². The van der Waals surface area contributed by atoms with E-state index in [0.29, 0.717) is 12.5 Å². The second-order valence-electron chi connectivity index (χ2n) is 7.38. The van der Waals surface area contributed by atoms with E-state index in [2.05, 4.69) is 47.1 Å². The Morgan fingerprint density at radius 3 is 2.83 bits per heavy atom. The maximum Gasteiger partial charge on any atom is 0.136 e. The van der Waals surface area contributed by atoms with Gasteiger partial charge >= 0.3 is 0 Å². The lowest BCUT2D eigenvalue weighted by atomic mass is 9.95. The summed E-state index contributed by atoms with van der Waals surface area (Å²) >= 11 is 1.75. The van der Waals surface area contributed by atoms with Crippen molar-refractivity contribution in [3.05, 3.63) is 34.2 Å². The number of thiazole rings is 1. The Labute approximate surface area is 148 Å². The Kier molecular flexibility index (Phi) is 5.15. The van der Waals surface area contributed by atoms with Crippen molar-refractivity contribution in [2.75, 3.05) is 25.1 Å². The minimum absolute atomic E-state index is 0.0804. The van der Waals surface area contributed by atoms with E-state index < -0.39 is 0 Å². The number of rotatable bonds is 4. The van der Waals surface area contributed by atoms with Crippen LogP contribution in [0, 0.1) is 0 Å². The lowest BCUT2D eigenvalue weighted by Gasteiger charge is -2.33. The summed E-state index contributed by atoms with van der Waals surface area (Å²) in [6.07, 6.45) is 4.27. The maximum atomic E-state index is 5.30. The average molecular weight is 347 g/mol. The molecule has 0 bridgehead atoms. The summed E-state index contributed by atoms with van der Waals surface area (Å²) < 4.78 is 5.30. The molecule has 2 aromatic heterocycles. The molecule has 0 radical (unpaired) electrons. The van der Waals surface area contributed by atoms with Crippen molar-refractivity contribution in [2.24, 2.45) is 0 Å². The third kappa shape index (κ3) is 3.92. The highest BCUT2D eigenvalue weighted by Gasteiger charge is 2.26. The molecule has 0 aromatic carbocycles. The quantitative estimate of drug-likeness (QED) is 0.844. The molecule has 1 unspecified atom stereocenters. The molecule has 0 N–H and O–H groups in total. The van der Waals surface area contributed by atoms with Gasteiger partial charge in [-0.1, -0.05) is 20.8 Å². The van der Waals surface area contributed by atoms with E-state index in [1.807, 2.05) is 6.20 Å². The third-order valence-corrected chi connectivity index (χ3v) is 5.21. The maximum absolute atomic E-state index is 5.30. The van der Waals surface area contributed by atoms with Crippen LogP contribution >= 0.6 is 11.3 Å². The number of methoxy groups -OCH3 is 1. The fourth-order valence-electron chi connectivity index (χ4n) is 3.03. The minimum atomic E-state index is -0.0804. The standard InChI is InChI=1S/C18H26N4OS/c1-18(2,3)17-20-14(12-23-4)10-15(21-17)22-8-5-6-13(11-22)16-19-7-9-24-16/h7,9-10,13H,5-6,8,11-12H2,1-4H3. The zero-order valence-electron chi connectivity index (χ0n) is 15.0. The van der Waals surface area contributed by atoms with Crippen molar-refractivity contribution in [2.45, 2.75) is 51.6 Å². The van der Waals surface area contributed by atoms with E-state index in [9.17, 15) is 0 Å². The molecule has 1 aliphatic rings. The Hall–Kier alpha value is -1.53. The first-order chi connectivity index (χ1) is 11.5. The minimum Gasteiger partial charge on any atom is -0.378 e. The molecule has 0 spiro atoms. The first-order valence-corrected chi connectivity index (χ1v) is 9.37. The second kappa shape index (κ2) is 7.15. The zero-order valence-corrected chi connectivity index (χ0v) is 15.8. The van der Waals surface area contributed by atoms with Gasteiger partial charge in [0.1, 0.15) is 11.6 Å². The summed E-state index contributed by atoms with van der Waals surface area (Å²) in [7, 11) is 1.71. The van der Waals surface area contributed by atoms with Gasteiger partial charge in [0.15, 0.2) is 0 Å². The molecule has 3 rings (SSSR count). The van der Waals surface area contributed by atoms with E-state index in [0.717, 1.165) is 30.4 Å². The molecule has 2 aromatic rings. The van der Waals surface area contributed by atoms with Gasteiger partial charge in [-0.25, -0.2) is 15.0 Å². The highest BCUT2D eigenvalue weighted by molar-refractivity contribution is 7.09. The van der Waals surface area contributed by atoms with Crippen molar-refractivity contribution in [3.63, 3.8) is 0 Å². The van der Waals surface area contributed by atoms with Crippen LogP contribution in [0.4, 0.5) is 5.82 Å². The number of nitrogens with zero attached hydrogens (tertiary/aromatic N) is 4. The van der Waals surface area contributed by atoms with Crippen LogP contribution in [0.2, 0.25) is 0 Å². The third-order valence-electron chi connectivity index (χ3n) is 4.27. The lowest BCUT2D eigenvalue weighted by molar-refractivity contribution is 0.181. The summed E-state index contributed by atoms with van der Waals surface area (Å²) in [6, 6.07) is 2.07. The van der Waals surface area contributed by atoms with E-state index in [1.54, 1.807) is 18.4 Å². The predicted molar refractivity (Wildman–Crippen MR) is 97.7 cm³/mol. The van der Waals surface area contributed by atoms with Crippen molar-refractivity contribution in [3.8, 4) is 0 Å². The van der Waals surface area contributed by atoms with Gasteiger partial charge in [0.05, 0.1) is 17.3 Å². The molecule has 1 aliphatic heterocycles. The molecule has 5 nitrogen and oxygen atoms in total. The summed E-state index contributed by atoms with van der Waals surface area (Å²) in [4.78, 5) is 16.4. The number of hydrogen-bond acceptors (Lipinski definition) is 6. The summed E-state index contributed by atoms with van der Waals surface area (Å²) in [5, 5.41) is 3.30. The number of ether oxygens (including phenoxy) is 1. The van der Waals surface area contributed by atoms with E-state index >= 15 is 0 Å². The largest absolute Gasteiger partial charge is 0.378 e. The first-order valence-electron chi connectivity index (χ1n) is 8.49. The van der Waals surface area contributed by atoms with Gasteiger partial charge in [-0.15, -0.1) is 11.3 Å². The summed E-state index contributed by atoms with van der Waals surface area (Å²) in [5.74, 6) is 2.39. The molecular weight excluding hydrogens is 320 g/mol. The number of anilines is 1. The molecule has 0 amide bonds. The van der Waals surface area contributed by atoms with Crippen LogP contribution in [0.3, 0.4) is 0 Å². The van der Waals surface area contributed by atoms with Crippen molar-refractivity contribution < 1.29 is 4.74 Å². The van der Waals surface area contributed by atoms with Gasteiger partial charge in [-0.05, 0) is 12.8 Å². The van der Waals surface area contributed by atoms with Gasteiger partial charge in [0.25, 0.3) is 0 Å². The number of hydrogen-bond donors (Lipinski definition) is 0. The molecule has 24 heavy (non-hydrogen) atoms. The first kappa shape index (κ1) is 17.3. The van der Waals surface area contributed by atoms with Crippen LogP contribution in [0.5, 0.6) is 0 Å². The van der Waals surface area contributed by atoms with Crippen molar-refractivity contribution >= 4 is 17.2 Å². The molecule has 0 aliphatic carbocycles. The van der Waals surface area contributed by atoms with Gasteiger partial charge in [0, 0.05) is 49.2 Å². The molecule has 1 saturated heterocycles. The molecule has 6 heteroatoms. The normalized spacial score (nSPS) is 18.8. The second-order valence-corrected chi connectivity index (χ2v) is 8.31. The van der Waals surface area contributed by atoms with Crippen LogP contribution in [0.25, 0.3) is 0 Å². The van der Waals surface area contributed by atoms with Crippen molar-refractivity contribution in [1.29, 1.82) is 0 Å². The Balaban J connectivity index is 1.88. The SMILES string of the molecule is COCc1cc(N2CCCC(c3nccs3)C2)nc(C(C)(C)C)n1. The van der Waals surface area contributed by atoms with E-state index in [1.165, 1.54) is 17.8 Å². The van der Waals surface area contributed by atoms with Gasteiger partial charge in [-0.3, -0.25) is 0 Å². The van der Waals surface area contributed by atoms with Crippen LogP contribution in [0.15, 0.2) is 17.6 Å². The molecule has 130 valence electrons. The van der Waals surface area contributed by atoms with Crippen molar-refractivity contribution in [1.82, 2.24) is 15.0 Å². The van der Waals surface area contributed by atoms with Gasteiger partial charge < -0.3 is 9.64 Å². The molecule has 1 atom stereocenters. The average Bonchev–Trinajstić information content (AvgIpc) is 3.09. The number of piperidine rings is 1.